The molecule has 0 aliphatic rings. The molecule has 38 heavy (non-hydrogen) atoms. The summed E-state index contributed by atoms with van der Waals surface area (Å²) in [5, 5.41) is 19.0. The molecule has 1 aromatic heterocycles. The van der Waals surface area contributed by atoms with Crippen LogP contribution in [-0.4, -0.2) is 51.7 Å². The van der Waals surface area contributed by atoms with Gasteiger partial charge in [-0.2, -0.15) is 28.1 Å². The first-order valence-corrected chi connectivity index (χ1v) is 11.6. The fourth-order valence-corrected chi connectivity index (χ4v) is 3.36. The summed E-state index contributed by atoms with van der Waals surface area (Å²) in [5.41, 5.74) is 5.07. The molecule has 2 amide bonds. The van der Waals surface area contributed by atoms with Crippen molar-refractivity contribution in [3.63, 3.8) is 0 Å². The van der Waals surface area contributed by atoms with Crippen molar-refractivity contribution in [2.45, 2.75) is 19.0 Å². The van der Waals surface area contributed by atoms with Gasteiger partial charge in [0.05, 0.1) is 10.6 Å². The molecule has 0 bridgehead atoms. The number of hydrogen-bond donors (Lipinski definition) is 6. The third kappa shape index (κ3) is 8.45. The van der Waals surface area contributed by atoms with E-state index < -0.39 is 35.3 Å². The monoisotopic (exact) mass is 552 g/mol. The van der Waals surface area contributed by atoms with E-state index in [1.807, 2.05) is 0 Å². The van der Waals surface area contributed by atoms with Crippen molar-refractivity contribution in [1.82, 2.24) is 15.0 Å². The molecule has 0 aliphatic carbocycles. The molecule has 7 N–H and O–H groups in total. The van der Waals surface area contributed by atoms with E-state index in [4.69, 9.17) is 22.4 Å². The first-order valence-electron chi connectivity index (χ1n) is 11.3. The SMILES string of the molecule is NCCCCNc1nc(NCC(=O)O)nc(-c2cccc(NC(=O)Nc3ccc(Cl)c(C(F)(F)F)c3)c2)n1. The van der Waals surface area contributed by atoms with E-state index in [0.29, 0.717) is 24.3 Å². The molecule has 15 heteroatoms. The van der Waals surface area contributed by atoms with Crippen molar-refractivity contribution < 1.29 is 27.9 Å². The van der Waals surface area contributed by atoms with Crippen molar-refractivity contribution >= 4 is 46.9 Å². The predicted molar refractivity (Wildman–Crippen MR) is 137 cm³/mol. The number of amides is 2. The zero-order chi connectivity index (χ0) is 27.7. The summed E-state index contributed by atoms with van der Waals surface area (Å²) in [6.07, 6.45) is -3.12. The molecule has 202 valence electrons. The Kier molecular flexibility index (Phi) is 9.62. The molecule has 2 aromatic carbocycles. The van der Waals surface area contributed by atoms with Crippen LogP contribution in [0.5, 0.6) is 0 Å². The molecule has 3 aromatic rings. The highest BCUT2D eigenvalue weighted by Gasteiger charge is 2.33. The topological polar surface area (TPSA) is 167 Å². The Balaban J connectivity index is 1.78. The number of urea groups is 1. The number of aromatic nitrogens is 3. The van der Waals surface area contributed by atoms with Gasteiger partial charge in [-0.3, -0.25) is 4.79 Å². The zero-order valence-electron chi connectivity index (χ0n) is 19.8. The van der Waals surface area contributed by atoms with E-state index >= 15 is 0 Å². The minimum atomic E-state index is -4.68. The van der Waals surface area contributed by atoms with E-state index in [-0.39, 0.29) is 23.4 Å². The number of unbranched alkanes of at least 4 members (excludes halogenated alkanes) is 1. The van der Waals surface area contributed by atoms with Gasteiger partial charge in [0, 0.05) is 23.5 Å². The number of nitrogens with zero attached hydrogens (tertiary/aromatic N) is 3. The number of nitrogens with one attached hydrogen (secondary N) is 4. The fourth-order valence-electron chi connectivity index (χ4n) is 3.14. The molecule has 0 aliphatic heterocycles. The van der Waals surface area contributed by atoms with Crippen LogP contribution < -0.4 is 27.0 Å². The second-order valence-corrected chi connectivity index (χ2v) is 8.24. The molecule has 0 saturated carbocycles. The zero-order valence-corrected chi connectivity index (χ0v) is 20.5. The predicted octanol–water partition coefficient (Wildman–Crippen LogP) is 4.50. The van der Waals surface area contributed by atoms with Gasteiger partial charge in [0.15, 0.2) is 5.82 Å². The van der Waals surface area contributed by atoms with Crippen LogP contribution in [0.15, 0.2) is 42.5 Å². The molecule has 3 rings (SSSR count). The molecular formula is C23H24ClF3N8O3. The van der Waals surface area contributed by atoms with Gasteiger partial charge in [-0.1, -0.05) is 23.7 Å². The Morgan fingerprint density at radius 2 is 1.63 bits per heavy atom. The number of nitrogens with two attached hydrogens (primary N) is 1. The number of hydrogen-bond acceptors (Lipinski definition) is 8. The minimum Gasteiger partial charge on any atom is -0.480 e. The number of benzene rings is 2. The van der Waals surface area contributed by atoms with Crippen LogP contribution in [0.3, 0.4) is 0 Å². The van der Waals surface area contributed by atoms with Gasteiger partial charge in [0.25, 0.3) is 0 Å². The lowest BCUT2D eigenvalue weighted by Crippen LogP contribution is -2.20. The molecule has 1 heterocycles. The van der Waals surface area contributed by atoms with E-state index in [9.17, 15) is 22.8 Å². The Labute approximate surface area is 220 Å². The van der Waals surface area contributed by atoms with Crippen molar-refractivity contribution in [2.75, 3.05) is 40.9 Å². The van der Waals surface area contributed by atoms with Crippen LogP contribution in [0.2, 0.25) is 5.02 Å². The number of halogens is 4. The van der Waals surface area contributed by atoms with Crippen LogP contribution in [0.4, 0.5) is 41.2 Å². The largest absolute Gasteiger partial charge is 0.480 e. The average molecular weight is 553 g/mol. The summed E-state index contributed by atoms with van der Waals surface area (Å²) in [5.74, 6) is -0.687. The van der Waals surface area contributed by atoms with E-state index in [1.54, 1.807) is 18.2 Å². The number of carboxylic acid groups (broad SMARTS) is 1. The number of alkyl halides is 3. The molecule has 11 nitrogen and oxygen atoms in total. The molecule has 0 radical (unpaired) electrons. The van der Waals surface area contributed by atoms with Gasteiger partial charge in [0.1, 0.15) is 6.54 Å². The number of rotatable bonds is 11. The lowest BCUT2D eigenvalue weighted by atomic mass is 10.2. The summed E-state index contributed by atoms with van der Waals surface area (Å²) in [7, 11) is 0. The number of aliphatic carboxylic acids is 1. The molecule has 0 saturated heterocycles. The normalized spacial score (nSPS) is 11.1. The van der Waals surface area contributed by atoms with Crippen molar-refractivity contribution in [3.8, 4) is 11.4 Å². The van der Waals surface area contributed by atoms with E-state index in [0.717, 1.165) is 25.0 Å². The van der Waals surface area contributed by atoms with Gasteiger partial charge in [-0.25, -0.2) is 4.79 Å². The van der Waals surface area contributed by atoms with Crippen molar-refractivity contribution in [2.24, 2.45) is 5.73 Å². The van der Waals surface area contributed by atoms with Crippen molar-refractivity contribution in [3.05, 3.63) is 53.1 Å². The highest BCUT2D eigenvalue weighted by Crippen LogP contribution is 2.36. The highest BCUT2D eigenvalue weighted by molar-refractivity contribution is 6.31. The Morgan fingerprint density at radius 1 is 0.947 bits per heavy atom. The standard InChI is InChI=1S/C23H24ClF3N8O3/c24-17-7-6-15(11-16(17)23(25,26)27)32-22(38)31-14-5-3-4-13(10-14)19-33-20(29-9-2-1-8-28)35-21(34-19)30-12-18(36)37/h3-7,10-11H,1-2,8-9,12,28H2,(H,36,37)(H2,31,32,38)(H2,29,30,33,34,35). The highest BCUT2D eigenvalue weighted by atomic mass is 35.5. The lowest BCUT2D eigenvalue weighted by Gasteiger charge is -2.13. The first kappa shape index (κ1) is 28.4. The van der Waals surface area contributed by atoms with Crippen LogP contribution in [0.1, 0.15) is 18.4 Å². The summed E-state index contributed by atoms with van der Waals surface area (Å²) in [4.78, 5) is 36.2. The van der Waals surface area contributed by atoms with Crippen LogP contribution in [0, 0.1) is 0 Å². The third-order valence-corrected chi connectivity index (χ3v) is 5.19. The minimum absolute atomic E-state index is 0.0260. The second kappa shape index (κ2) is 12.9. The maximum absolute atomic E-state index is 13.1. The van der Waals surface area contributed by atoms with Crippen LogP contribution >= 0.6 is 11.6 Å². The molecule has 0 fully saturated rings. The summed E-state index contributed by atoms with van der Waals surface area (Å²) in [6.45, 7) is 0.643. The van der Waals surface area contributed by atoms with E-state index in [1.165, 1.54) is 12.1 Å². The van der Waals surface area contributed by atoms with Crippen LogP contribution in [-0.2, 0) is 11.0 Å². The summed E-state index contributed by atoms with van der Waals surface area (Å²) < 4.78 is 39.3. The third-order valence-electron chi connectivity index (χ3n) is 4.86. The molecule has 0 unspecified atom stereocenters. The van der Waals surface area contributed by atoms with Gasteiger partial charge in [0.2, 0.25) is 11.9 Å². The molecule has 0 spiro atoms. The first-order chi connectivity index (χ1) is 18.0. The Morgan fingerprint density at radius 3 is 2.29 bits per heavy atom. The van der Waals surface area contributed by atoms with Crippen molar-refractivity contribution in [1.29, 1.82) is 0 Å². The van der Waals surface area contributed by atoms with E-state index in [2.05, 4.69) is 36.2 Å². The smallest absolute Gasteiger partial charge is 0.417 e. The van der Waals surface area contributed by atoms with Gasteiger partial charge in [-0.05, 0) is 49.7 Å². The molecular weight excluding hydrogens is 529 g/mol. The molecule has 0 atom stereocenters. The van der Waals surface area contributed by atoms with Crippen LogP contribution in [0.25, 0.3) is 11.4 Å². The van der Waals surface area contributed by atoms with Gasteiger partial charge < -0.3 is 32.1 Å². The maximum Gasteiger partial charge on any atom is 0.417 e. The average Bonchev–Trinajstić information content (AvgIpc) is 2.86. The lowest BCUT2D eigenvalue weighted by molar-refractivity contribution is -0.137. The fraction of sp³-hybridized carbons (Fsp3) is 0.261. The summed E-state index contributed by atoms with van der Waals surface area (Å²) >= 11 is 5.61. The quantitative estimate of drug-likeness (QED) is 0.188. The Hall–Kier alpha value is -4.17. The van der Waals surface area contributed by atoms with Gasteiger partial charge >= 0.3 is 18.2 Å². The number of carboxylic acids is 1. The number of anilines is 4. The second-order valence-electron chi connectivity index (χ2n) is 7.83. The maximum atomic E-state index is 13.1. The number of carbonyl (C=O) groups excluding carboxylic acids is 1. The number of carbonyl (C=O) groups is 2. The van der Waals surface area contributed by atoms with Gasteiger partial charge in [-0.15, -0.1) is 0 Å². The Bertz CT molecular complexity index is 1290. The summed E-state index contributed by atoms with van der Waals surface area (Å²) in [6, 6.07) is 8.59.